The number of benzene rings is 1. The number of hydrogen-bond donors (Lipinski definition) is 4. The second kappa shape index (κ2) is 8.57. The van der Waals surface area contributed by atoms with Crippen LogP contribution in [0.3, 0.4) is 0 Å². The van der Waals surface area contributed by atoms with Crippen LogP contribution in [0, 0.1) is 6.92 Å². The van der Waals surface area contributed by atoms with Gasteiger partial charge in [-0.05, 0) is 49.7 Å². The summed E-state index contributed by atoms with van der Waals surface area (Å²) >= 11 is 5.20. The molecule has 126 valence electrons. The van der Waals surface area contributed by atoms with Crippen LogP contribution in [0.2, 0.25) is 0 Å². The molecule has 2 amide bonds. The third-order valence-corrected chi connectivity index (χ3v) is 4.05. The number of thiocarbonyl (C=S) groups is 1. The Kier molecular flexibility index (Phi) is 6.46. The number of methoxy groups -OCH3 is 1. The van der Waals surface area contributed by atoms with Gasteiger partial charge in [0.05, 0.1) is 12.8 Å². The number of hydrazine groups is 1. The molecule has 1 saturated carbocycles. The van der Waals surface area contributed by atoms with Crippen molar-refractivity contribution in [2.45, 2.75) is 45.1 Å². The summed E-state index contributed by atoms with van der Waals surface area (Å²) in [5, 5.41) is 6.39. The van der Waals surface area contributed by atoms with E-state index < -0.39 is 6.03 Å². The molecular formula is C16H24N4O2S. The van der Waals surface area contributed by atoms with Crippen molar-refractivity contribution in [3.05, 3.63) is 23.8 Å². The quantitative estimate of drug-likeness (QED) is 0.504. The number of rotatable bonds is 3. The molecule has 1 aliphatic rings. The van der Waals surface area contributed by atoms with Crippen LogP contribution in [0.5, 0.6) is 5.75 Å². The van der Waals surface area contributed by atoms with Gasteiger partial charge in [0.25, 0.3) is 0 Å². The average Bonchev–Trinajstić information content (AvgIpc) is 2.54. The fourth-order valence-corrected chi connectivity index (χ4v) is 2.87. The molecule has 1 aliphatic carbocycles. The van der Waals surface area contributed by atoms with Gasteiger partial charge in [-0.3, -0.25) is 5.43 Å². The molecule has 4 N–H and O–H groups in total. The first-order valence-electron chi connectivity index (χ1n) is 7.86. The molecule has 6 nitrogen and oxygen atoms in total. The molecule has 0 bridgehead atoms. The van der Waals surface area contributed by atoms with Crippen LogP contribution in [-0.4, -0.2) is 24.3 Å². The van der Waals surface area contributed by atoms with E-state index in [9.17, 15) is 4.79 Å². The Morgan fingerprint density at radius 1 is 1.22 bits per heavy atom. The van der Waals surface area contributed by atoms with Crippen molar-refractivity contribution in [2.75, 3.05) is 12.4 Å². The van der Waals surface area contributed by atoms with Crippen LogP contribution in [0.1, 0.15) is 37.7 Å². The lowest BCUT2D eigenvalue weighted by atomic mass is 9.96. The number of carbonyl (C=O) groups excluding carboxylic acids is 1. The number of anilines is 1. The summed E-state index contributed by atoms with van der Waals surface area (Å²) < 4.78 is 5.23. The van der Waals surface area contributed by atoms with E-state index in [0.29, 0.717) is 22.6 Å². The maximum atomic E-state index is 12.0. The van der Waals surface area contributed by atoms with Crippen LogP contribution >= 0.6 is 12.2 Å². The summed E-state index contributed by atoms with van der Waals surface area (Å²) in [6.45, 7) is 1.95. The maximum Gasteiger partial charge on any atom is 0.338 e. The predicted molar refractivity (Wildman–Crippen MR) is 95.6 cm³/mol. The molecule has 1 aromatic rings. The van der Waals surface area contributed by atoms with E-state index >= 15 is 0 Å². The normalized spacial score (nSPS) is 14.7. The molecule has 0 spiro atoms. The summed E-state index contributed by atoms with van der Waals surface area (Å²) in [6.07, 6.45) is 5.98. The van der Waals surface area contributed by atoms with Crippen molar-refractivity contribution in [2.24, 2.45) is 0 Å². The number of nitrogens with one attached hydrogen (secondary N) is 4. The minimum absolute atomic E-state index is 0.394. The Bertz CT molecular complexity index is 559. The number of ether oxygens (including phenoxy) is 1. The fourth-order valence-electron chi connectivity index (χ4n) is 2.66. The summed E-state index contributed by atoms with van der Waals surface area (Å²) in [5.41, 5.74) is 6.89. The Hall–Kier alpha value is -2.02. The van der Waals surface area contributed by atoms with E-state index in [-0.39, 0.29) is 0 Å². The standard InChI is InChI=1S/C16H24N4O2S/c1-11-8-9-14(22-2)13(10-11)18-15(21)19-20-16(23)17-12-6-4-3-5-7-12/h8-10,12H,3-7H2,1-2H3,(H2,17,20,23)(H2,18,19,21). The van der Waals surface area contributed by atoms with Gasteiger partial charge in [-0.1, -0.05) is 25.3 Å². The summed E-state index contributed by atoms with van der Waals surface area (Å²) in [6, 6.07) is 5.57. The highest BCUT2D eigenvalue weighted by Crippen LogP contribution is 2.24. The molecule has 1 fully saturated rings. The lowest BCUT2D eigenvalue weighted by molar-refractivity contribution is 0.250. The number of hydrogen-bond acceptors (Lipinski definition) is 3. The van der Waals surface area contributed by atoms with Gasteiger partial charge in [0.15, 0.2) is 5.11 Å². The molecule has 0 saturated heterocycles. The first kappa shape index (κ1) is 17.3. The van der Waals surface area contributed by atoms with Gasteiger partial charge in [-0.25, -0.2) is 10.2 Å². The van der Waals surface area contributed by atoms with Crippen LogP contribution in [0.25, 0.3) is 0 Å². The molecule has 0 atom stereocenters. The second-order valence-corrected chi connectivity index (χ2v) is 6.12. The van der Waals surface area contributed by atoms with Crippen molar-refractivity contribution in [3.63, 3.8) is 0 Å². The number of carbonyl (C=O) groups is 1. The first-order chi connectivity index (χ1) is 11.1. The Balaban J connectivity index is 1.78. The van der Waals surface area contributed by atoms with Crippen LogP contribution in [0.15, 0.2) is 18.2 Å². The lowest BCUT2D eigenvalue weighted by Gasteiger charge is -2.24. The Morgan fingerprint density at radius 2 is 1.96 bits per heavy atom. The first-order valence-corrected chi connectivity index (χ1v) is 8.27. The van der Waals surface area contributed by atoms with Gasteiger partial charge in [0.2, 0.25) is 0 Å². The topological polar surface area (TPSA) is 74.4 Å². The van der Waals surface area contributed by atoms with E-state index in [1.54, 1.807) is 7.11 Å². The highest BCUT2D eigenvalue weighted by molar-refractivity contribution is 7.80. The molecular weight excluding hydrogens is 312 g/mol. The zero-order valence-electron chi connectivity index (χ0n) is 13.6. The largest absolute Gasteiger partial charge is 0.495 e. The van der Waals surface area contributed by atoms with Crippen molar-refractivity contribution in [1.29, 1.82) is 0 Å². The molecule has 0 radical (unpaired) electrons. The summed E-state index contributed by atoms with van der Waals surface area (Å²) in [5.74, 6) is 0.605. The highest BCUT2D eigenvalue weighted by Gasteiger charge is 2.14. The van der Waals surface area contributed by atoms with Crippen LogP contribution in [0.4, 0.5) is 10.5 Å². The highest BCUT2D eigenvalue weighted by atomic mass is 32.1. The Labute approximate surface area is 142 Å². The maximum absolute atomic E-state index is 12.0. The van der Waals surface area contributed by atoms with Gasteiger partial charge in [0.1, 0.15) is 5.75 Å². The Morgan fingerprint density at radius 3 is 2.65 bits per heavy atom. The molecule has 0 unspecified atom stereocenters. The van der Waals surface area contributed by atoms with E-state index in [0.717, 1.165) is 18.4 Å². The SMILES string of the molecule is COc1ccc(C)cc1NC(=O)NNC(=S)NC1CCCCC1. The molecule has 1 aromatic carbocycles. The third-order valence-electron chi connectivity index (χ3n) is 3.83. The molecule has 23 heavy (non-hydrogen) atoms. The van der Waals surface area contributed by atoms with Crippen molar-refractivity contribution < 1.29 is 9.53 Å². The van der Waals surface area contributed by atoms with Gasteiger partial charge >= 0.3 is 6.03 Å². The fraction of sp³-hybridized carbons (Fsp3) is 0.500. The minimum Gasteiger partial charge on any atom is -0.495 e. The van der Waals surface area contributed by atoms with E-state index in [2.05, 4.69) is 21.5 Å². The van der Waals surface area contributed by atoms with Crippen LogP contribution < -0.4 is 26.2 Å². The van der Waals surface area contributed by atoms with Crippen molar-refractivity contribution in [3.8, 4) is 5.75 Å². The zero-order valence-corrected chi connectivity index (χ0v) is 14.4. The monoisotopic (exact) mass is 336 g/mol. The van der Waals surface area contributed by atoms with E-state index in [1.807, 2.05) is 25.1 Å². The van der Waals surface area contributed by atoms with Gasteiger partial charge < -0.3 is 15.4 Å². The average molecular weight is 336 g/mol. The number of urea groups is 1. The predicted octanol–water partition coefficient (Wildman–Crippen LogP) is 2.84. The van der Waals surface area contributed by atoms with Crippen molar-refractivity contribution >= 4 is 29.0 Å². The second-order valence-electron chi connectivity index (χ2n) is 5.72. The molecule has 0 heterocycles. The van der Waals surface area contributed by atoms with Gasteiger partial charge in [-0.15, -0.1) is 0 Å². The number of amides is 2. The molecule has 2 rings (SSSR count). The molecule has 7 heteroatoms. The van der Waals surface area contributed by atoms with Gasteiger partial charge in [-0.2, -0.15) is 0 Å². The summed E-state index contributed by atoms with van der Waals surface area (Å²) in [7, 11) is 1.56. The van der Waals surface area contributed by atoms with Crippen molar-refractivity contribution in [1.82, 2.24) is 16.2 Å². The van der Waals surface area contributed by atoms with Crippen LogP contribution in [-0.2, 0) is 0 Å². The molecule has 0 aromatic heterocycles. The third kappa shape index (κ3) is 5.59. The molecule has 0 aliphatic heterocycles. The number of aryl methyl sites for hydroxylation is 1. The van der Waals surface area contributed by atoms with E-state index in [1.165, 1.54) is 19.3 Å². The zero-order chi connectivity index (χ0) is 16.7. The summed E-state index contributed by atoms with van der Waals surface area (Å²) in [4.78, 5) is 12.0. The minimum atomic E-state index is -0.401. The smallest absolute Gasteiger partial charge is 0.338 e. The van der Waals surface area contributed by atoms with Gasteiger partial charge in [0, 0.05) is 6.04 Å². The van der Waals surface area contributed by atoms with E-state index in [4.69, 9.17) is 17.0 Å². The lowest BCUT2D eigenvalue weighted by Crippen LogP contribution is -2.51.